The molecule has 1 aromatic heterocycles. The molecule has 3 aromatic rings. The van der Waals surface area contributed by atoms with Crippen LogP contribution in [0.4, 0.5) is 0 Å². The Balaban J connectivity index is 0.00000289. The zero-order valence-electron chi connectivity index (χ0n) is 19.0. The first-order valence-electron chi connectivity index (χ1n) is 11.3. The number of imidazole rings is 1. The molecule has 1 aliphatic heterocycles. The van der Waals surface area contributed by atoms with Crippen LogP contribution >= 0.6 is 24.0 Å². The number of aryl methyl sites for hydroxylation is 2. The number of nitrogens with one attached hydrogen (secondary N) is 2. The summed E-state index contributed by atoms with van der Waals surface area (Å²) >= 11 is 0. The van der Waals surface area contributed by atoms with Crippen molar-refractivity contribution in [2.45, 2.75) is 38.8 Å². The van der Waals surface area contributed by atoms with Crippen LogP contribution in [0.25, 0.3) is 11.0 Å². The molecule has 2 aromatic carbocycles. The van der Waals surface area contributed by atoms with Crippen LogP contribution in [0.5, 0.6) is 0 Å². The van der Waals surface area contributed by atoms with E-state index in [9.17, 15) is 0 Å². The van der Waals surface area contributed by atoms with Gasteiger partial charge in [-0.3, -0.25) is 4.99 Å². The molecule has 2 heterocycles. The van der Waals surface area contributed by atoms with Crippen molar-refractivity contribution in [2.24, 2.45) is 10.9 Å². The molecule has 1 saturated heterocycles. The Labute approximate surface area is 207 Å². The number of hydrogen-bond acceptors (Lipinski definition) is 3. The molecular weight excluding hydrogens is 513 g/mol. The molecule has 0 bridgehead atoms. The molecule has 1 fully saturated rings. The largest absolute Gasteiger partial charge is 0.373 e. The molecule has 1 aliphatic rings. The minimum Gasteiger partial charge on any atom is -0.373 e. The van der Waals surface area contributed by atoms with Crippen LogP contribution in [0, 0.1) is 12.8 Å². The van der Waals surface area contributed by atoms with E-state index < -0.39 is 0 Å². The van der Waals surface area contributed by atoms with Crippen molar-refractivity contribution in [3.8, 4) is 0 Å². The Morgan fingerprint density at radius 1 is 1.12 bits per heavy atom. The predicted octanol–water partition coefficient (Wildman–Crippen LogP) is 4.69. The van der Waals surface area contributed by atoms with E-state index in [1.807, 2.05) is 13.1 Å². The molecule has 2 N–H and O–H groups in total. The van der Waals surface area contributed by atoms with Crippen molar-refractivity contribution in [2.75, 3.05) is 26.7 Å². The van der Waals surface area contributed by atoms with Gasteiger partial charge in [-0.05, 0) is 43.9 Å². The minimum atomic E-state index is 0. The van der Waals surface area contributed by atoms with Gasteiger partial charge < -0.3 is 19.9 Å². The zero-order chi connectivity index (χ0) is 21.5. The van der Waals surface area contributed by atoms with Crippen molar-refractivity contribution < 1.29 is 4.74 Å². The number of aliphatic imine (C=N–C) groups is 1. The van der Waals surface area contributed by atoms with Crippen LogP contribution in [0.15, 0.2) is 59.6 Å². The van der Waals surface area contributed by atoms with Crippen LogP contribution < -0.4 is 10.6 Å². The van der Waals surface area contributed by atoms with E-state index in [1.54, 1.807) is 0 Å². The quantitative estimate of drug-likeness (QED) is 0.195. The minimum absolute atomic E-state index is 0. The molecule has 4 rings (SSSR count). The SMILES string of the molecule is CN=C(NCCCn1c(C)nc2ccccc21)NCC1CCCOC1c1ccccc1.I. The molecule has 0 aliphatic carbocycles. The Bertz CT molecular complexity index is 1000. The molecule has 172 valence electrons. The molecule has 0 spiro atoms. The van der Waals surface area contributed by atoms with Gasteiger partial charge in [0, 0.05) is 39.2 Å². The average Bonchev–Trinajstić information content (AvgIpc) is 3.14. The molecule has 2 unspecified atom stereocenters. The summed E-state index contributed by atoms with van der Waals surface area (Å²) in [6.07, 6.45) is 3.43. The van der Waals surface area contributed by atoms with Crippen LogP contribution in [-0.4, -0.2) is 42.3 Å². The second-order valence-corrected chi connectivity index (χ2v) is 8.14. The number of aromatic nitrogens is 2. The van der Waals surface area contributed by atoms with Crippen LogP contribution in [0.2, 0.25) is 0 Å². The molecule has 0 saturated carbocycles. The summed E-state index contributed by atoms with van der Waals surface area (Å²) in [7, 11) is 1.83. The van der Waals surface area contributed by atoms with Gasteiger partial charge in [0.05, 0.1) is 17.1 Å². The van der Waals surface area contributed by atoms with E-state index in [2.05, 4.69) is 80.6 Å². The smallest absolute Gasteiger partial charge is 0.190 e. The predicted molar refractivity (Wildman–Crippen MR) is 142 cm³/mol. The van der Waals surface area contributed by atoms with Crippen molar-refractivity contribution in [1.29, 1.82) is 0 Å². The van der Waals surface area contributed by atoms with E-state index in [-0.39, 0.29) is 30.1 Å². The van der Waals surface area contributed by atoms with Gasteiger partial charge in [-0.1, -0.05) is 42.5 Å². The van der Waals surface area contributed by atoms with E-state index in [4.69, 9.17) is 4.74 Å². The lowest BCUT2D eigenvalue weighted by Crippen LogP contribution is -2.42. The number of nitrogens with zero attached hydrogens (tertiary/aromatic N) is 3. The number of guanidine groups is 1. The fourth-order valence-corrected chi connectivity index (χ4v) is 4.43. The lowest BCUT2D eigenvalue weighted by molar-refractivity contribution is -0.0265. The van der Waals surface area contributed by atoms with E-state index in [0.29, 0.717) is 5.92 Å². The summed E-state index contributed by atoms with van der Waals surface area (Å²) in [5.41, 5.74) is 3.53. The highest BCUT2D eigenvalue weighted by Gasteiger charge is 2.27. The van der Waals surface area contributed by atoms with Crippen molar-refractivity contribution in [3.05, 3.63) is 66.0 Å². The van der Waals surface area contributed by atoms with E-state index in [1.165, 1.54) is 11.1 Å². The van der Waals surface area contributed by atoms with Gasteiger partial charge in [-0.25, -0.2) is 4.98 Å². The molecule has 2 atom stereocenters. The van der Waals surface area contributed by atoms with Gasteiger partial charge in [-0.15, -0.1) is 24.0 Å². The third kappa shape index (κ3) is 6.01. The normalized spacial score (nSPS) is 18.9. The molecular formula is C25H34IN5O. The van der Waals surface area contributed by atoms with Gasteiger partial charge >= 0.3 is 0 Å². The highest BCUT2D eigenvalue weighted by atomic mass is 127. The van der Waals surface area contributed by atoms with Crippen molar-refractivity contribution >= 4 is 41.0 Å². The summed E-state index contributed by atoms with van der Waals surface area (Å²) in [6.45, 7) is 5.55. The maximum atomic E-state index is 6.12. The second kappa shape index (κ2) is 12.2. The van der Waals surface area contributed by atoms with Crippen LogP contribution in [-0.2, 0) is 11.3 Å². The van der Waals surface area contributed by atoms with E-state index >= 15 is 0 Å². The average molecular weight is 547 g/mol. The molecule has 0 radical (unpaired) electrons. The Hall–Kier alpha value is -2.13. The van der Waals surface area contributed by atoms with Crippen molar-refractivity contribution in [3.63, 3.8) is 0 Å². The first kappa shape index (κ1) is 24.5. The van der Waals surface area contributed by atoms with Crippen molar-refractivity contribution in [1.82, 2.24) is 20.2 Å². The number of fused-ring (bicyclic) bond motifs is 1. The van der Waals surface area contributed by atoms with E-state index in [0.717, 1.165) is 62.8 Å². The first-order chi connectivity index (χ1) is 15.3. The molecule has 6 nitrogen and oxygen atoms in total. The molecule has 0 amide bonds. The fraction of sp³-hybridized carbons (Fsp3) is 0.440. The van der Waals surface area contributed by atoms with Gasteiger partial charge in [0.1, 0.15) is 5.82 Å². The number of halogens is 1. The lowest BCUT2D eigenvalue weighted by atomic mass is 9.89. The fourth-order valence-electron chi connectivity index (χ4n) is 4.43. The maximum absolute atomic E-state index is 6.12. The highest BCUT2D eigenvalue weighted by Crippen LogP contribution is 2.33. The highest BCUT2D eigenvalue weighted by molar-refractivity contribution is 14.0. The summed E-state index contributed by atoms with van der Waals surface area (Å²) in [5.74, 6) is 2.35. The Morgan fingerprint density at radius 2 is 1.91 bits per heavy atom. The number of para-hydroxylation sites is 2. The number of benzene rings is 2. The van der Waals surface area contributed by atoms with Crippen LogP contribution in [0.1, 0.15) is 36.8 Å². The molecule has 7 heteroatoms. The summed E-state index contributed by atoms with van der Waals surface area (Å²) in [4.78, 5) is 9.06. The third-order valence-electron chi connectivity index (χ3n) is 6.02. The third-order valence-corrected chi connectivity index (χ3v) is 6.02. The number of ether oxygens (including phenoxy) is 1. The first-order valence-corrected chi connectivity index (χ1v) is 11.3. The lowest BCUT2D eigenvalue weighted by Gasteiger charge is -2.32. The Kier molecular flexibility index (Phi) is 9.35. The summed E-state index contributed by atoms with van der Waals surface area (Å²) in [6, 6.07) is 18.9. The van der Waals surface area contributed by atoms with Gasteiger partial charge in [0.15, 0.2) is 5.96 Å². The second-order valence-electron chi connectivity index (χ2n) is 8.14. The monoisotopic (exact) mass is 547 g/mol. The maximum Gasteiger partial charge on any atom is 0.190 e. The standard InChI is InChI=1S/C25H33N5O.HI/c1-19-29-22-13-6-7-14-23(22)30(19)16-9-15-27-25(26-2)28-18-21-12-8-17-31-24(21)20-10-4-3-5-11-20;/h3-7,10-11,13-14,21,24H,8-9,12,15-18H2,1-2H3,(H2,26,27,28);1H. The Morgan fingerprint density at radius 3 is 2.72 bits per heavy atom. The van der Waals surface area contributed by atoms with Gasteiger partial charge in [0.2, 0.25) is 0 Å². The summed E-state index contributed by atoms with van der Waals surface area (Å²) < 4.78 is 8.41. The topological polar surface area (TPSA) is 63.5 Å². The van der Waals surface area contributed by atoms with Gasteiger partial charge in [-0.2, -0.15) is 0 Å². The van der Waals surface area contributed by atoms with Crippen LogP contribution in [0.3, 0.4) is 0 Å². The van der Waals surface area contributed by atoms with Gasteiger partial charge in [0.25, 0.3) is 0 Å². The number of rotatable bonds is 7. The molecule has 32 heavy (non-hydrogen) atoms. The zero-order valence-corrected chi connectivity index (χ0v) is 21.3. The number of hydrogen-bond donors (Lipinski definition) is 2. The summed E-state index contributed by atoms with van der Waals surface area (Å²) in [5, 5.41) is 6.97.